The van der Waals surface area contributed by atoms with E-state index < -0.39 is 7.12 Å². The van der Waals surface area contributed by atoms with Crippen LogP contribution < -0.4 is 5.46 Å². The molecule has 14 rings (SSSR count). The van der Waals surface area contributed by atoms with Gasteiger partial charge in [-0.05, 0) is 59.1 Å². The second kappa shape index (κ2) is 22.2. The largest absolute Gasteiger partial charge is 0.488 e. The minimum absolute atomic E-state index is 0.416. The van der Waals surface area contributed by atoms with Gasteiger partial charge >= 0.3 is 7.12 Å². The lowest BCUT2D eigenvalue weighted by molar-refractivity contribution is 0.426. The number of nitrogens with zero attached hydrogens (tertiary/aromatic N) is 6. The van der Waals surface area contributed by atoms with Crippen LogP contribution in [0.1, 0.15) is 0 Å². The third kappa shape index (κ3) is 10.7. The molecule has 0 aliphatic heterocycles. The van der Waals surface area contributed by atoms with Crippen LogP contribution in [0.25, 0.3) is 123 Å². The Bertz CT molecular complexity index is 4240. The number of hydrogen-bond acceptors (Lipinski definition) is 10. The molecule has 0 atom stereocenters. The number of aromatic nitrogens is 6. The normalized spacial score (nSPS) is 11.0. The molecule has 0 aliphatic rings. The van der Waals surface area contributed by atoms with E-state index >= 15 is 0 Å². The maximum atomic E-state index is 9.29. The summed E-state index contributed by atoms with van der Waals surface area (Å²) < 4.78 is 12.8. The predicted octanol–water partition coefficient (Wildman–Crippen LogP) is 15.3. The maximum absolute atomic E-state index is 9.29. The number of furan rings is 2. The Morgan fingerprint density at radius 1 is 0.269 bits per heavy atom. The lowest BCUT2D eigenvalue weighted by Crippen LogP contribution is -2.29. The van der Waals surface area contributed by atoms with E-state index in [1.54, 1.807) is 24.3 Å². The van der Waals surface area contributed by atoms with Crippen molar-refractivity contribution >= 4 is 72.4 Å². The molecule has 78 heavy (non-hydrogen) atoms. The molecule has 10 nitrogen and oxygen atoms in total. The average molecular weight is 1080 g/mol. The zero-order valence-electron chi connectivity index (χ0n) is 41.6. The highest BCUT2D eigenvalue weighted by Gasteiger charge is 2.16. The summed E-state index contributed by atoms with van der Waals surface area (Å²) in [4.78, 5) is 28.3. The van der Waals surface area contributed by atoms with Crippen LogP contribution in [0.5, 0.6) is 0 Å². The van der Waals surface area contributed by atoms with Crippen molar-refractivity contribution in [2.45, 2.75) is 0 Å². The molecule has 0 spiro atoms. The Morgan fingerprint density at radius 3 is 0.962 bits per heavy atom. The Balaban J connectivity index is 0.000000129. The van der Waals surface area contributed by atoms with Crippen molar-refractivity contribution in [3.05, 3.63) is 259 Å². The first kappa shape index (κ1) is 49.2. The Kier molecular flexibility index (Phi) is 14.0. The Labute approximate surface area is 457 Å². The van der Waals surface area contributed by atoms with Gasteiger partial charge in [-0.15, -0.1) is 0 Å². The van der Waals surface area contributed by atoms with Crippen LogP contribution in [0.4, 0.5) is 0 Å². The summed E-state index contributed by atoms with van der Waals surface area (Å²) in [6.07, 6.45) is 0. The summed E-state index contributed by atoms with van der Waals surface area (Å²) >= 11 is 3.43. The topological polar surface area (TPSA) is 144 Å². The fraction of sp³-hybridized carbons (Fsp3) is 0. The van der Waals surface area contributed by atoms with E-state index in [0.29, 0.717) is 40.4 Å². The second-order valence-corrected chi connectivity index (χ2v) is 19.1. The molecule has 0 saturated heterocycles. The summed E-state index contributed by atoms with van der Waals surface area (Å²) in [7, 11) is -1.50. The van der Waals surface area contributed by atoms with Gasteiger partial charge in [-0.1, -0.05) is 228 Å². The van der Waals surface area contributed by atoms with E-state index in [1.165, 1.54) is 10.8 Å². The quantitative estimate of drug-likeness (QED) is 0.141. The zero-order valence-corrected chi connectivity index (χ0v) is 43.2. The molecule has 0 aliphatic carbocycles. The smallest absolute Gasteiger partial charge is 0.456 e. The van der Waals surface area contributed by atoms with Crippen molar-refractivity contribution in [2.75, 3.05) is 0 Å². The molecule has 0 fully saturated rings. The minimum atomic E-state index is -1.50. The predicted molar refractivity (Wildman–Crippen MR) is 316 cm³/mol. The molecule has 0 bridgehead atoms. The molecule has 0 unspecified atom stereocenters. The molecule has 0 radical (unpaired) electrons. The molecule has 4 heterocycles. The third-order valence-electron chi connectivity index (χ3n) is 13.1. The highest BCUT2D eigenvalue weighted by molar-refractivity contribution is 9.10. The fourth-order valence-electron chi connectivity index (χ4n) is 9.10. The monoisotopic (exact) mass is 1070 g/mol. The van der Waals surface area contributed by atoms with Crippen LogP contribution >= 0.6 is 15.9 Å². The molecule has 0 amide bonds. The van der Waals surface area contributed by atoms with Crippen LogP contribution in [-0.4, -0.2) is 47.1 Å². The van der Waals surface area contributed by atoms with E-state index in [4.69, 9.17) is 23.8 Å². The lowest BCUT2D eigenvalue weighted by atomic mass is 9.80. The first-order valence-electron chi connectivity index (χ1n) is 25.2. The molecule has 10 aromatic carbocycles. The molecular weight excluding hydrogens is 1030 g/mol. The summed E-state index contributed by atoms with van der Waals surface area (Å²) in [5.74, 6) is 3.66. The highest BCUT2D eigenvalue weighted by Crippen LogP contribution is 2.34. The first-order valence-corrected chi connectivity index (χ1v) is 26.0. The van der Waals surface area contributed by atoms with Gasteiger partial charge < -0.3 is 18.9 Å². The molecule has 12 heteroatoms. The Hall–Kier alpha value is -9.72. The van der Waals surface area contributed by atoms with Gasteiger partial charge in [0.05, 0.1) is 0 Å². The van der Waals surface area contributed by atoms with Crippen molar-refractivity contribution in [2.24, 2.45) is 0 Å². The number of fused-ring (bicyclic) bond motifs is 6. The minimum Gasteiger partial charge on any atom is -0.456 e. The fourth-order valence-corrected chi connectivity index (χ4v) is 9.44. The average Bonchev–Trinajstić information content (AvgIpc) is 4.11. The lowest BCUT2D eigenvalue weighted by Gasteiger charge is -2.09. The number of halogens is 1. The summed E-state index contributed by atoms with van der Waals surface area (Å²) in [5, 5.41) is 23.2. The van der Waals surface area contributed by atoms with Crippen molar-refractivity contribution in [3.63, 3.8) is 0 Å². The van der Waals surface area contributed by atoms with Crippen molar-refractivity contribution < 1.29 is 18.9 Å². The number of para-hydroxylation sites is 2. The number of rotatable bonds is 8. The van der Waals surface area contributed by atoms with Crippen molar-refractivity contribution in [3.8, 4) is 79.5 Å². The van der Waals surface area contributed by atoms with Crippen LogP contribution in [0.2, 0.25) is 0 Å². The van der Waals surface area contributed by atoms with Gasteiger partial charge in [0.15, 0.2) is 34.9 Å². The van der Waals surface area contributed by atoms with Crippen LogP contribution in [-0.2, 0) is 0 Å². The van der Waals surface area contributed by atoms with E-state index in [9.17, 15) is 10.0 Å². The van der Waals surface area contributed by atoms with Crippen LogP contribution in [0.15, 0.2) is 268 Å². The summed E-state index contributed by atoms with van der Waals surface area (Å²) in [5.41, 5.74) is 11.7. The third-order valence-corrected chi connectivity index (χ3v) is 13.6. The molecule has 2 N–H and O–H groups in total. The highest BCUT2D eigenvalue weighted by atomic mass is 79.9. The van der Waals surface area contributed by atoms with Gasteiger partial charge in [0.25, 0.3) is 0 Å². The maximum Gasteiger partial charge on any atom is 0.488 e. The first-order chi connectivity index (χ1) is 38.4. The standard InChI is InChI=1S/C33H21N3O.C21H16BN3O2.C12H7BrO/c1-3-9-23(10-4-1)31-34-32(24-11-5-2-6-12-24)36-33(35-31)25-17-15-22(16-18-25)26-19-20-28-27-13-7-8-14-29(27)37-30(28)21-26;26-22(27)18-13-11-17(12-14-18)21-24-19(15-7-3-1-4-8-15)23-20(25-21)16-9-5-2-6-10-16;13-8-5-6-10-9-3-1-2-4-11(9)14-12(10)7-8/h1-21H;1-14,26-27H;1-7H. The molecule has 4 aromatic heterocycles. The van der Waals surface area contributed by atoms with E-state index in [1.807, 2.05) is 170 Å². The van der Waals surface area contributed by atoms with Crippen LogP contribution in [0, 0.1) is 0 Å². The van der Waals surface area contributed by atoms with Crippen molar-refractivity contribution in [1.82, 2.24) is 29.9 Å². The molecule has 14 aromatic rings. The zero-order chi connectivity index (χ0) is 52.8. The van der Waals surface area contributed by atoms with Gasteiger partial charge in [0, 0.05) is 59.4 Å². The molecule has 0 saturated carbocycles. The molecule has 372 valence electrons. The second-order valence-electron chi connectivity index (χ2n) is 18.2. The van der Waals surface area contributed by atoms with Gasteiger partial charge in [-0.2, -0.15) is 0 Å². The number of hydrogen-bond donors (Lipinski definition) is 2. The number of benzene rings is 10. The molecular formula is C66H44BBrN6O4. The van der Waals surface area contributed by atoms with Gasteiger partial charge in [0.2, 0.25) is 0 Å². The van der Waals surface area contributed by atoms with E-state index in [0.717, 1.165) is 82.1 Å². The SMILES string of the molecule is Brc1ccc2c(c1)oc1ccccc12.OB(O)c1ccc(-c2nc(-c3ccccc3)nc(-c3ccccc3)n2)cc1.c1ccc(-c2nc(-c3ccccc3)nc(-c3ccc(-c4ccc5c(c4)oc4ccccc45)cc3)n2)cc1. The van der Waals surface area contributed by atoms with Gasteiger partial charge in [0.1, 0.15) is 22.3 Å². The van der Waals surface area contributed by atoms with Gasteiger partial charge in [-0.25, -0.2) is 29.9 Å². The van der Waals surface area contributed by atoms with Gasteiger partial charge in [-0.3, -0.25) is 0 Å². The Morgan fingerprint density at radius 2 is 0.564 bits per heavy atom. The summed E-state index contributed by atoms with van der Waals surface area (Å²) in [6, 6.07) is 83.4. The van der Waals surface area contributed by atoms with Crippen molar-refractivity contribution in [1.29, 1.82) is 0 Å². The van der Waals surface area contributed by atoms with E-state index in [-0.39, 0.29) is 0 Å². The van der Waals surface area contributed by atoms with E-state index in [2.05, 4.69) is 91.5 Å². The summed E-state index contributed by atoms with van der Waals surface area (Å²) in [6.45, 7) is 0. The van der Waals surface area contributed by atoms with Crippen LogP contribution in [0.3, 0.4) is 0 Å².